The molecule has 1 heterocycles. The Labute approximate surface area is 98.7 Å². The third-order valence-corrected chi connectivity index (χ3v) is 2.51. The summed E-state index contributed by atoms with van der Waals surface area (Å²) in [5, 5.41) is 0. The van der Waals surface area contributed by atoms with E-state index in [1.165, 1.54) is 5.56 Å². The summed E-state index contributed by atoms with van der Waals surface area (Å²) in [5.74, 6) is 1.73. The molecule has 0 radical (unpaired) electrons. The highest BCUT2D eigenvalue weighted by molar-refractivity contribution is 9.10. The van der Waals surface area contributed by atoms with E-state index in [1.807, 2.05) is 6.07 Å². The first-order valence-corrected chi connectivity index (χ1v) is 5.91. The molecule has 15 heavy (non-hydrogen) atoms. The molecule has 0 N–H and O–H groups in total. The average Bonchev–Trinajstić information content (AvgIpc) is 2.15. The van der Waals surface area contributed by atoms with E-state index >= 15 is 0 Å². The lowest BCUT2D eigenvalue weighted by Crippen LogP contribution is -2.17. The third kappa shape index (κ3) is 2.88. The van der Waals surface area contributed by atoms with Gasteiger partial charge >= 0.3 is 0 Å². The molecule has 0 saturated heterocycles. The molecule has 1 aromatic rings. The van der Waals surface area contributed by atoms with Gasteiger partial charge in [-0.3, -0.25) is 0 Å². The Kier molecular flexibility index (Phi) is 2.91. The molecular formula is C12H15BrO2. The molecule has 0 amide bonds. The maximum absolute atomic E-state index is 5.54. The lowest BCUT2D eigenvalue weighted by atomic mass is 10.0. The van der Waals surface area contributed by atoms with Gasteiger partial charge in [-0.15, -0.1) is 0 Å². The summed E-state index contributed by atoms with van der Waals surface area (Å²) in [5.41, 5.74) is 1.26. The standard InChI is InChI=1S/C12H15BrO2/c1-12(2,13)8-9-3-4-10-11(7-9)15-6-5-14-10/h3-4,7H,5-6,8H2,1-2H3. The van der Waals surface area contributed by atoms with Gasteiger partial charge in [0.15, 0.2) is 11.5 Å². The van der Waals surface area contributed by atoms with Crippen LogP contribution in [0, 0.1) is 0 Å². The van der Waals surface area contributed by atoms with Crippen LogP contribution in [0.25, 0.3) is 0 Å². The van der Waals surface area contributed by atoms with Gasteiger partial charge in [0, 0.05) is 4.32 Å². The fraction of sp³-hybridized carbons (Fsp3) is 0.500. The molecule has 1 aliphatic rings. The molecule has 0 unspecified atom stereocenters. The lowest BCUT2D eigenvalue weighted by molar-refractivity contribution is 0.171. The Morgan fingerprint density at radius 3 is 2.53 bits per heavy atom. The first-order valence-electron chi connectivity index (χ1n) is 5.12. The Morgan fingerprint density at radius 1 is 1.20 bits per heavy atom. The maximum atomic E-state index is 5.54. The summed E-state index contributed by atoms with van der Waals surface area (Å²) in [6.07, 6.45) is 0.976. The van der Waals surface area contributed by atoms with Crippen molar-refractivity contribution in [1.29, 1.82) is 0 Å². The van der Waals surface area contributed by atoms with Crippen molar-refractivity contribution in [1.82, 2.24) is 0 Å². The summed E-state index contributed by atoms with van der Waals surface area (Å²) in [7, 11) is 0. The van der Waals surface area contributed by atoms with Crippen molar-refractivity contribution in [2.24, 2.45) is 0 Å². The zero-order chi connectivity index (χ0) is 10.9. The SMILES string of the molecule is CC(C)(Br)Cc1ccc2c(c1)OCCO2. The van der Waals surface area contributed by atoms with Gasteiger partial charge in [0.05, 0.1) is 0 Å². The topological polar surface area (TPSA) is 18.5 Å². The van der Waals surface area contributed by atoms with Crippen molar-refractivity contribution in [2.45, 2.75) is 24.6 Å². The summed E-state index contributed by atoms with van der Waals surface area (Å²) in [4.78, 5) is 0. The molecule has 82 valence electrons. The predicted molar refractivity (Wildman–Crippen MR) is 64.1 cm³/mol. The quantitative estimate of drug-likeness (QED) is 0.769. The molecule has 1 aromatic carbocycles. The van der Waals surface area contributed by atoms with Crippen molar-refractivity contribution in [2.75, 3.05) is 13.2 Å². The van der Waals surface area contributed by atoms with E-state index in [0.717, 1.165) is 17.9 Å². The Morgan fingerprint density at radius 2 is 1.87 bits per heavy atom. The predicted octanol–water partition coefficient (Wildman–Crippen LogP) is 3.17. The van der Waals surface area contributed by atoms with Crippen LogP contribution in [0.2, 0.25) is 0 Å². The van der Waals surface area contributed by atoms with E-state index in [1.54, 1.807) is 0 Å². The summed E-state index contributed by atoms with van der Waals surface area (Å²) in [6.45, 7) is 5.61. The van der Waals surface area contributed by atoms with Gasteiger partial charge in [-0.2, -0.15) is 0 Å². The van der Waals surface area contributed by atoms with E-state index < -0.39 is 0 Å². The molecule has 0 bridgehead atoms. The molecule has 2 rings (SSSR count). The van der Waals surface area contributed by atoms with Crippen LogP contribution in [-0.4, -0.2) is 17.5 Å². The number of hydrogen-bond donors (Lipinski definition) is 0. The fourth-order valence-electron chi connectivity index (χ4n) is 1.68. The highest BCUT2D eigenvalue weighted by atomic mass is 79.9. The number of halogens is 1. The highest BCUT2D eigenvalue weighted by Crippen LogP contribution is 2.32. The van der Waals surface area contributed by atoms with Crippen molar-refractivity contribution < 1.29 is 9.47 Å². The minimum absolute atomic E-state index is 0.122. The second-order valence-corrected chi connectivity index (χ2v) is 6.52. The number of benzene rings is 1. The van der Waals surface area contributed by atoms with Crippen molar-refractivity contribution in [3.05, 3.63) is 23.8 Å². The second-order valence-electron chi connectivity index (χ2n) is 4.37. The molecule has 0 atom stereocenters. The van der Waals surface area contributed by atoms with E-state index in [2.05, 4.69) is 41.9 Å². The average molecular weight is 271 g/mol. The Hall–Kier alpha value is -0.700. The number of alkyl halides is 1. The van der Waals surface area contributed by atoms with Crippen LogP contribution >= 0.6 is 15.9 Å². The lowest BCUT2D eigenvalue weighted by Gasteiger charge is -2.21. The number of hydrogen-bond acceptors (Lipinski definition) is 2. The first-order chi connectivity index (χ1) is 7.04. The van der Waals surface area contributed by atoms with Crippen LogP contribution < -0.4 is 9.47 Å². The number of ether oxygens (including phenoxy) is 2. The van der Waals surface area contributed by atoms with Crippen LogP contribution in [0.4, 0.5) is 0 Å². The highest BCUT2D eigenvalue weighted by Gasteiger charge is 2.16. The number of fused-ring (bicyclic) bond motifs is 1. The van der Waals surface area contributed by atoms with E-state index in [0.29, 0.717) is 13.2 Å². The minimum atomic E-state index is 0.122. The molecule has 0 spiro atoms. The van der Waals surface area contributed by atoms with Gasteiger partial charge in [0.2, 0.25) is 0 Å². The molecule has 0 fully saturated rings. The zero-order valence-corrected chi connectivity index (χ0v) is 10.6. The molecule has 0 aliphatic carbocycles. The molecular weight excluding hydrogens is 256 g/mol. The van der Waals surface area contributed by atoms with E-state index in [4.69, 9.17) is 9.47 Å². The first kappa shape index (κ1) is 10.8. The van der Waals surface area contributed by atoms with Crippen molar-refractivity contribution >= 4 is 15.9 Å². The normalized spacial score (nSPS) is 15.1. The van der Waals surface area contributed by atoms with Crippen molar-refractivity contribution in [3.63, 3.8) is 0 Å². The molecule has 0 saturated carbocycles. The van der Waals surface area contributed by atoms with Gasteiger partial charge < -0.3 is 9.47 Å². The zero-order valence-electron chi connectivity index (χ0n) is 9.05. The summed E-state index contributed by atoms with van der Waals surface area (Å²) < 4.78 is 11.1. The van der Waals surface area contributed by atoms with Crippen LogP contribution in [0.3, 0.4) is 0 Å². The maximum Gasteiger partial charge on any atom is 0.161 e. The fourth-order valence-corrected chi connectivity index (χ4v) is 2.01. The van der Waals surface area contributed by atoms with E-state index in [9.17, 15) is 0 Å². The summed E-state index contributed by atoms with van der Waals surface area (Å²) in [6, 6.07) is 6.15. The van der Waals surface area contributed by atoms with E-state index in [-0.39, 0.29) is 4.32 Å². The van der Waals surface area contributed by atoms with Gasteiger partial charge in [-0.1, -0.05) is 22.0 Å². The molecule has 2 nitrogen and oxygen atoms in total. The minimum Gasteiger partial charge on any atom is -0.486 e. The van der Waals surface area contributed by atoms with Crippen molar-refractivity contribution in [3.8, 4) is 11.5 Å². The van der Waals surface area contributed by atoms with Crippen LogP contribution in [-0.2, 0) is 6.42 Å². The molecule has 0 aromatic heterocycles. The van der Waals surface area contributed by atoms with Crippen LogP contribution in [0.15, 0.2) is 18.2 Å². The van der Waals surface area contributed by atoms with Gasteiger partial charge in [0.25, 0.3) is 0 Å². The molecule has 3 heteroatoms. The van der Waals surface area contributed by atoms with Gasteiger partial charge in [0.1, 0.15) is 13.2 Å². The van der Waals surface area contributed by atoms with Crippen LogP contribution in [0.1, 0.15) is 19.4 Å². The summed E-state index contributed by atoms with van der Waals surface area (Å²) >= 11 is 3.64. The second kappa shape index (κ2) is 4.05. The monoisotopic (exact) mass is 270 g/mol. The smallest absolute Gasteiger partial charge is 0.161 e. The van der Waals surface area contributed by atoms with Gasteiger partial charge in [-0.25, -0.2) is 0 Å². The Balaban J connectivity index is 2.21. The molecule has 1 aliphatic heterocycles. The Bertz CT molecular complexity index is 355. The van der Waals surface area contributed by atoms with Gasteiger partial charge in [-0.05, 0) is 38.0 Å². The largest absolute Gasteiger partial charge is 0.486 e. The van der Waals surface area contributed by atoms with Crippen LogP contribution in [0.5, 0.6) is 11.5 Å². The number of rotatable bonds is 2. The third-order valence-electron chi connectivity index (χ3n) is 2.23.